The number of sulfonamides is 1. The third-order valence-electron chi connectivity index (χ3n) is 6.89. The molecule has 1 atom stereocenters. The molecule has 1 aromatic heterocycles. The van der Waals surface area contributed by atoms with Crippen molar-refractivity contribution in [1.82, 2.24) is 14.6 Å². The molecule has 194 valence electrons. The van der Waals surface area contributed by atoms with E-state index in [4.69, 9.17) is 11.6 Å². The zero-order valence-corrected chi connectivity index (χ0v) is 22.5. The summed E-state index contributed by atoms with van der Waals surface area (Å²) in [5.74, 6) is -0.0508. The van der Waals surface area contributed by atoms with Crippen LogP contribution in [0.25, 0.3) is 0 Å². The van der Waals surface area contributed by atoms with Gasteiger partial charge in [-0.3, -0.25) is 15.0 Å². The summed E-state index contributed by atoms with van der Waals surface area (Å²) in [6.45, 7) is 3.05. The predicted molar refractivity (Wildman–Crippen MR) is 144 cm³/mol. The average Bonchev–Trinajstić information content (AvgIpc) is 3.58. The first kappa shape index (κ1) is 25.7. The van der Waals surface area contributed by atoms with E-state index in [2.05, 4.69) is 15.0 Å². The van der Waals surface area contributed by atoms with E-state index < -0.39 is 15.4 Å². The van der Waals surface area contributed by atoms with Gasteiger partial charge >= 0.3 is 6.03 Å². The molecule has 1 fully saturated rings. The van der Waals surface area contributed by atoms with Gasteiger partial charge in [-0.2, -0.15) is 0 Å². The Kier molecular flexibility index (Phi) is 6.97. The van der Waals surface area contributed by atoms with Crippen LogP contribution in [0, 0.1) is 0 Å². The zero-order valence-electron chi connectivity index (χ0n) is 20.1. The number of urea groups is 1. The van der Waals surface area contributed by atoms with Crippen LogP contribution < -0.4 is 14.9 Å². The lowest BCUT2D eigenvalue weighted by Gasteiger charge is -2.25. The van der Waals surface area contributed by atoms with Crippen molar-refractivity contribution in [3.05, 3.63) is 70.2 Å². The number of anilines is 2. The molecule has 2 aromatic carbocycles. The second-order valence-electron chi connectivity index (χ2n) is 9.27. The number of carbonyl (C=O) groups excluding carboxylic acids is 2. The molecule has 0 bridgehead atoms. The first-order valence-electron chi connectivity index (χ1n) is 11.8. The van der Waals surface area contributed by atoms with Gasteiger partial charge in [0.15, 0.2) is 5.13 Å². The van der Waals surface area contributed by atoms with Gasteiger partial charge in [0.2, 0.25) is 15.9 Å². The number of benzene rings is 2. The molecule has 1 saturated heterocycles. The predicted octanol–water partition coefficient (Wildman–Crippen LogP) is 3.86. The molecule has 5 rings (SSSR count). The normalized spacial score (nSPS) is 18.9. The van der Waals surface area contributed by atoms with Crippen LogP contribution in [0.1, 0.15) is 24.5 Å². The van der Waals surface area contributed by atoms with Crippen LogP contribution >= 0.6 is 22.9 Å². The number of thiazole rings is 1. The topological polar surface area (TPSA) is 112 Å². The van der Waals surface area contributed by atoms with Crippen molar-refractivity contribution < 1.29 is 18.0 Å². The fourth-order valence-electron chi connectivity index (χ4n) is 5.02. The average molecular weight is 560 g/mol. The van der Waals surface area contributed by atoms with Gasteiger partial charge in [-0.25, -0.2) is 22.9 Å². The van der Waals surface area contributed by atoms with Crippen molar-refractivity contribution in [3.8, 4) is 0 Å². The molecular weight excluding hydrogens is 534 g/mol. The van der Waals surface area contributed by atoms with Crippen molar-refractivity contribution in [2.24, 2.45) is 0 Å². The molecule has 2 aliphatic rings. The number of halogens is 1. The molecule has 3 aromatic rings. The molecule has 9 nitrogen and oxygen atoms in total. The van der Waals surface area contributed by atoms with E-state index in [9.17, 15) is 18.0 Å². The zero-order chi connectivity index (χ0) is 26.2. The number of hydrogen-bond acceptors (Lipinski definition) is 6. The van der Waals surface area contributed by atoms with Crippen LogP contribution in [-0.4, -0.2) is 56.4 Å². The van der Waals surface area contributed by atoms with Gasteiger partial charge < -0.3 is 4.90 Å². The molecule has 2 aliphatic heterocycles. The molecule has 1 unspecified atom stereocenters. The Morgan fingerprint density at radius 2 is 1.95 bits per heavy atom. The largest absolute Gasteiger partial charge is 0.342 e. The summed E-state index contributed by atoms with van der Waals surface area (Å²) in [4.78, 5) is 32.9. The van der Waals surface area contributed by atoms with Crippen molar-refractivity contribution >= 4 is 55.7 Å². The third-order valence-corrected chi connectivity index (χ3v) is 9.37. The van der Waals surface area contributed by atoms with Gasteiger partial charge in [0.1, 0.15) is 4.34 Å². The second-order valence-corrected chi connectivity index (χ2v) is 12.7. The maximum Gasteiger partial charge on any atom is 0.328 e. The van der Waals surface area contributed by atoms with Crippen LogP contribution in [0.15, 0.2) is 59.6 Å². The van der Waals surface area contributed by atoms with E-state index in [0.717, 1.165) is 22.5 Å². The van der Waals surface area contributed by atoms with Gasteiger partial charge in [-0.05, 0) is 42.2 Å². The fraction of sp³-hybridized carbons (Fsp3) is 0.320. The lowest BCUT2D eigenvalue weighted by atomic mass is 9.81. The molecule has 3 heterocycles. The molecule has 1 spiro atoms. The lowest BCUT2D eigenvalue weighted by Crippen LogP contribution is -2.41. The summed E-state index contributed by atoms with van der Waals surface area (Å²) >= 11 is 7.10. The Bertz CT molecular complexity index is 1450. The minimum Gasteiger partial charge on any atom is -0.342 e. The van der Waals surface area contributed by atoms with Gasteiger partial charge in [0.05, 0.1) is 11.1 Å². The summed E-state index contributed by atoms with van der Waals surface area (Å²) in [5, 5.41) is 3.14. The summed E-state index contributed by atoms with van der Waals surface area (Å²) < 4.78 is 29.5. The quantitative estimate of drug-likeness (QED) is 0.476. The molecule has 37 heavy (non-hydrogen) atoms. The monoisotopic (exact) mass is 559 g/mol. The Morgan fingerprint density at radius 1 is 1.16 bits per heavy atom. The first-order chi connectivity index (χ1) is 17.7. The highest BCUT2D eigenvalue weighted by Gasteiger charge is 2.50. The molecule has 12 heteroatoms. The lowest BCUT2D eigenvalue weighted by molar-refractivity contribution is -0.127. The highest BCUT2D eigenvalue weighted by Crippen LogP contribution is 2.47. The Hall–Kier alpha value is -2.99. The van der Waals surface area contributed by atoms with E-state index in [1.54, 1.807) is 21.9 Å². The second kappa shape index (κ2) is 10.1. The maximum absolute atomic E-state index is 13.2. The molecule has 0 aliphatic carbocycles. The first-order valence-corrected chi connectivity index (χ1v) is 14.5. The Balaban J connectivity index is 1.42. The number of aromatic nitrogens is 1. The SMILES string of the molecule is CC(=O)N1CCC2(C1)CN(C(=O)Nc1ncc(Cl)s1)c1ccc(S(=O)(=O)NCCc3ccccc3)cc12. The summed E-state index contributed by atoms with van der Waals surface area (Å²) in [7, 11) is -3.78. The third kappa shape index (κ3) is 5.22. The van der Waals surface area contributed by atoms with E-state index in [0.29, 0.717) is 47.6 Å². The van der Waals surface area contributed by atoms with Gasteiger partial charge in [0.25, 0.3) is 0 Å². The van der Waals surface area contributed by atoms with E-state index in [1.807, 2.05) is 30.3 Å². The van der Waals surface area contributed by atoms with Crippen molar-refractivity contribution in [3.63, 3.8) is 0 Å². The molecule has 0 saturated carbocycles. The number of likely N-dealkylation sites (tertiary alicyclic amines) is 1. The Morgan fingerprint density at radius 3 is 2.62 bits per heavy atom. The van der Waals surface area contributed by atoms with Crippen LogP contribution in [0.2, 0.25) is 4.34 Å². The van der Waals surface area contributed by atoms with Crippen LogP contribution in [0.4, 0.5) is 15.6 Å². The summed E-state index contributed by atoms with van der Waals surface area (Å²) in [6, 6.07) is 14.1. The van der Waals surface area contributed by atoms with Crippen molar-refractivity contribution in [2.75, 3.05) is 36.4 Å². The van der Waals surface area contributed by atoms with E-state index in [1.165, 1.54) is 19.2 Å². The fourth-order valence-corrected chi connectivity index (χ4v) is 6.88. The number of carbonyl (C=O) groups is 2. The summed E-state index contributed by atoms with van der Waals surface area (Å²) in [5.41, 5.74) is 1.84. The smallest absolute Gasteiger partial charge is 0.328 e. The molecular formula is C25H26ClN5O4S2. The highest BCUT2D eigenvalue weighted by molar-refractivity contribution is 7.89. The number of fused-ring (bicyclic) bond motifs is 2. The number of nitrogens with zero attached hydrogens (tertiary/aromatic N) is 3. The number of rotatable bonds is 6. The number of hydrogen-bond donors (Lipinski definition) is 2. The van der Waals surface area contributed by atoms with Gasteiger partial charge in [-0.1, -0.05) is 53.3 Å². The molecule has 0 radical (unpaired) electrons. The minimum atomic E-state index is -3.78. The van der Waals surface area contributed by atoms with E-state index in [-0.39, 0.29) is 23.4 Å². The Labute approximate surface area is 224 Å². The minimum absolute atomic E-state index is 0.0508. The van der Waals surface area contributed by atoms with Crippen LogP contribution in [0.3, 0.4) is 0 Å². The molecule has 2 N–H and O–H groups in total. The number of nitrogens with one attached hydrogen (secondary N) is 2. The van der Waals surface area contributed by atoms with Gasteiger partial charge in [0, 0.05) is 44.2 Å². The van der Waals surface area contributed by atoms with Crippen LogP contribution in [-0.2, 0) is 26.7 Å². The van der Waals surface area contributed by atoms with Crippen molar-refractivity contribution in [2.45, 2.75) is 30.1 Å². The summed E-state index contributed by atoms with van der Waals surface area (Å²) in [6.07, 6.45) is 2.65. The van der Waals surface area contributed by atoms with Crippen molar-refractivity contribution in [1.29, 1.82) is 0 Å². The maximum atomic E-state index is 13.2. The molecule has 3 amide bonds. The number of amides is 3. The standard InChI is InChI=1S/C25H26ClN5O4S2/c1-17(32)30-12-10-25(15-30)16-31(24(33)29-23-27-14-22(26)36-23)21-8-7-19(13-20(21)25)37(34,35)28-11-9-18-5-3-2-4-6-18/h2-8,13-14,28H,9-12,15-16H2,1H3,(H,27,29,33). The van der Waals surface area contributed by atoms with Crippen LogP contribution in [0.5, 0.6) is 0 Å². The highest BCUT2D eigenvalue weighted by atomic mass is 35.5. The van der Waals surface area contributed by atoms with Gasteiger partial charge in [-0.15, -0.1) is 0 Å². The van der Waals surface area contributed by atoms with E-state index >= 15 is 0 Å².